The highest BCUT2D eigenvalue weighted by molar-refractivity contribution is 6.30. The summed E-state index contributed by atoms with van der Waals surface area (Å²) >= 11 is 6.14. The molecule has 0 atom stereocenters. The van der Waals surface area contributed by atoms with Crippen molar-refractivity contribution in [2.75, 3.05) is 7.11 Å². The van der Waals surface area contributed by atoms with E-state index in [9.17, 15) is 4.79 Å². The van der Waals surface area contributed by atoms with Crippen LogP contribution in [0.25, 0.3) is 10.9 Å². The second-order valence-corrected chi connectivity index (χ2v) is 7.63. The molecule has 30 heavy (non-hydrogen) atoms. The number of nitrogens with zero attached hydrogens (tertiary/aromatic N) is 1. The molecule has 0 unspecified atom stereocenters. The molecule has 1 N–H and O–H groups in total. The molecule has 4 aromatic rings. The van der Waals surface area contributed by atoms with Crippen LogP contribution >= 0.6 is 11.6 Å². The Morgan fingerprint density at radius 2 is 1.80 bits per heavy atom. The number of carbonyl (C=O) groups is 1. The molecule has 0 radical (unpaired) electrons. The lowest BCUT2D eigenvalue weighted by atomic mass is 10.1. The van der Waals surface area contributed by atoms with E-state index in [1.165, 1.54) is 0 Å². The number of halogens is 1. The lowest BCUT2D eigenvalue weighted by Crippen LogP contribution is -2.24. The summed E-state index contributed by atoms with van der Waals surface area (Å²) in [7, 11) is 1.63. The van der Waals surface area contributed by atoms with Crippen molar-refractivity contribution in [1.82, 2.24) is 9.88 Å². The molecule has 152 valence electrons. The van der Waals surface area contributed by atoms with E-state index in [2.05, 4.69) is 34.3 Å². The predicted octanol–water partition coefficient (Wildman–Crippen LogP) is 5.21. The molecule has 0 aliphatic heterocycles. The van der Waals surface area contributed by atoms with Gasteiger partial charge in [-0.3, -0.25) is 4.79 Å². The quantitative estimate of drug-likeness (QED) is 0.447. The standard InChI is InChI=1S/C25H23ClN2O2/c1-30-24-12-5-2-8-19(24)15-27-25(29)14-20-17-28(23-11-4-3-10-22(20)23)16-18-7-6-9-21(26)13-18/h2-13,17H,14-16H2,1H3,(H,27,29). The van der Waals surface area contributed by atoms with Crippen LogP contribution < -0.4 is 10.1 Å². The number of hydrogen-bond donors (Lipinski definition) is 1. The van der Waals surface area contributed by atoms with E-state index in [-0.39, 0.29) is 5.91 Å². The minimum Gasteiger partial charge on any atom is -0.496 e. The van der Waals surface area contributed by atoms with E-state index in [1.807, 2.05) is 54.6 Å². The van der Waals surface area contributed by atoms with Crippen molar-refractivity contribution in [1.29, 1.82) is 0 Å². The summed E-state index contributed by atoms with van der Waals surface area (Å²) in [5.74, 6) is 0.752. The summed E-state index contributed by atoms with van der Waals surface area (Å²) in [4.78, 5) is 12.7. The van der Waals surface area contributed by atoms with Crippen molar-refractivity contribution in [3.8, 4) is 5.75 Å². The van der Waals surface area contributed by atoms with Gasteiger partial charge in [0.1, 0.15) is 5.75 Å². The summed E-state index contributed by atoms with van der Waals surface area (Å²) in [5.41, 5.74) is 4.18. The summed E-state index contributed by atoms with van der Waals surface area (Å²) in [6, 6.07) is 23.7. The fraction of sp³-hybridized carbons (Fsp3) is 0.160. The van der Waals surface area contributed by atoms with Crippen LogP contribution in [0.4, 0.5) is 0 Å². The molecule has 1 heterocycles. The van der Waals surface area contributed by atoms with Crippen molar-refractivity contribution in [2.45, 2.75) is 19.5 Å². The molecule has 0 saturated heterocycles. The first-order valence-corrected chi connectivity index (χ1v) is 10.2. The minimum atomic E-state index is -0.0217. The third-order valence-electron chi connectivity index (χ3n) is 5.13. The van der Waals surface area contributed by atoms with Crippen molar-refractivity contribution >= 4 is 28.4 Å². The third-order valence-corrected chi connectivity index (χ3v) is 5.37. The van der Waals surface area contributed by atoms with Gasteiger partial charge in [-0.1, -0.05) is 60.1 Å². The van der Waals surface area contributed by atoms with Crippen LogP contribution in [-0.4, -0.2) is 17.6 Å². The Hall–Kier alpha value is -3.24. The molecular formula is C25H23ClN2O2. The zero-order valence-electron chi connectivity index (χ0n) is 16.8. The monoisotopic (exact) mass is 418 g/mol. The maximum Gasteiger partial charge on any atom is 0.224 e. The van der Waals surface area contributed by atoms with Crippen LogP contribution in [0.2, 0.25) is 5.02 Å². The number of methoxy groups -OCH3 is 1. The van der Waals surface area contributed by atoms with Crippen LogP contribution in [0.3, 0.4) is 0 Å². The molecule has 0 aliphatic carbocycles. The molecule has 0 fully saturated rings. The number of carbonyl (C=O) groups excluding carboxylic acids is 1. The highest BCUT2D eigenvalue weighted by Crippen LogP contribution is 2.24. The van der Waals surface area contributed by atoms with Gasteiger partial charge in [0.05, 0.1) is 13.5 Å². The number of para-hydroxylation sites is 2. The first-order chi connectivity index (χ1) is 14.6. The SMILES string of the molecule is COc1ccccc1CNC(=O)Cc1cn(Cc2cccc(Cl)c2)c2ccccc12. The Labute approximate surface area is 181 Å². The van der Waals surface area contributed by atoms with Gasteiger partial charge in [0, 0.05) is 40.8 Å². The van der Waals surface area contributed by atoms with Gasteiger partial charge in [-0.05, 0) is 35.4 Å². The van der Waals surface area contributed by atoms with E-state index < -0.39 is 0 Å². The van der Waals surface area contributed by atoms with Gasteiger partial charge in [0.15, 0.2) is 0 Å². The molecule has 5 heteroatoms. The predicted molar refractivity (Wildman–Crippen MR) is 121 cm³/mol. The largest absolute Gasteiger partial charge is 0.496 e. The van der Waals surface area contributed by atoms with Gasteiger partial charge < -0.3 is 14.6 Å². The average Bonchev–Trinajstić information content (AvgIpc) is 3.09. The van der Waals surface area contributed by atoms with Crippen LogP contribution in [0.5, 0.6) is 5.75 Å². The molecule has 0 bridgehead atoms. The Kier molecular flexibility index (Phi) is 6.05. The summed E-state index contributed by atoms with van der Waals surface area (Å²) < 4.78 is 7.53. The molecule has 0 aliphatic rings. The molecule has 4 rings (SSSR count). The number of amides is 1. The normalized spacial score (nSPS) is 10.9. The minimum absolute atomic E-state index is 0.0217. The highest BCUT2D eigenvalue weighted by atomic mass is 35.5. The summed E-state index contributed by atoms with van der Waals surface area (Å²) in [6.07, 6.45) is 2.38. The second kappa shape index (κ2) is 9.06. The highest BCUT2D eigenvalue weighted by Gasteiger charge is 2.13. The zero-order chi connectivity index (χ0) is 20.9. The summed E-state index contributed by atoms with van der Waals surface area (Å²) in [5, 5.41) is 4.82. The average molecular weight is 419 g/mol. The Morgan fingerprint density at radius 1 is 1.00 bits per heavy atom. The molecule has 1 amide bonds. The van der Waals surface area contributed by atoms with Gasteiger partial charge >= 0.3 is 0 Å². The first kappa shape index (κ1) is 20.0. The number of ether oxygens (including phenoxy) is 1. The Bertz CT molecular complexity index is 1180. The molecule has 0 spiro atoms. The van der Waals surface area contributed by atoms with Gasteiger partial charge in [0.2, 0.25) is 5.91 Å². The van der Waals surface area contributed by atoms with E-state index >= 15 is 0 Å². The molecule has 3 aromatic carbocycles. The van der Waals surface area contributed by atoms with Crippen LogP contribution in [0.15, 0.2) is 79.0 Å². The molecular weight excluding hydrogens is 396 g/mol. The number of nitrogens with one attached hydrogen (secondary N) is 1. The lowest BCUT2D eigenvalue weighted by molar-refractivity contribution is -0.120. The van der Waals surface area contributed by atoms with E-state index in [0.29, 0.717) is 19.5 Å². The fourth-order valence-corrected chi connectivity index (χ4v) is 3.92. The maximum absolute atomic E-state index is 12.7. The van der Waals surface area contributed by atoms with Crippen molar-refractivity contribution in [2.24, 2.45) is 0 Å². The number of benzene rings is 3. The first-order valence-electron chi connectivity index (χ1n) is 9.84. The molecule has 1 aromatic heterocycles. The van der Waals surface area contributed by atoms with E-state index in [1.54, 1.807) is 7.11 Å². The summed E-state index contributed by atoms with van der Waals surface area (Å²) in [6.45, 7) is 1.13. The lowest BCUT2D eigenvalue weighted by Gasteiger charge is -2.09. The fourth-order valence-electron chi connectivity index (χ4n) is 3.70. The number of aromatic nitrogens is 1. The van der Waals surface area contributed by atoms with Gasteiger partial charge in [-0.25, -0.2) is 0 Å². The number of fused-ring (bicyclic) bond motifs is 1. The second-order valence-electron chi connectivity index (χ2n) is 7.19. The number of hydrogen-bond acceptors (Lipinski definition) is 2. The van der Waals surface area contributed by atoms with Crippen LogP contribution in [0.1, 0.15) is 16.7 Å². The van der Waals surface area contributed by atoms with Crippen molar-refractivity contribution < 1.29 is 9.53 Å². The Morgan fingerprint density at radius 3 is 2.63 bits per heavy atom. The maximum atomic E-state index is 12.7. The van der Waals surface area contributed by atoms with Crippen molar-refractivity contribution in [3.63, 3.8) is 0 Å². The van der Waals surface area contributed by atoms with Gasteiger partial charge in [0.25, 0.3) is 0 Å². The molecule has 0 saturated carbocycles. The van der Waals surface area contributed by atoms with Gasteiger partial charge in [-0.2, -0.15) is 0 Å². The van der Waals surface area contributed by atoms with Crippen molar-refractivity contribution in [3.05, 3.63) is 101 Å². The van der Waals surface area contributed by atoms with E-state index in [0.717, 1.165) is 38.4 Å². The number of rotatable bonds is 7. The Balaban J connectivity index is 1.52. The zero-order valence-corrected chi connectivity index (χ0v) is 17.5. The van der Waals surface area contributed by atoms with Crippen LogP contribution in [-0.2, 0) is 24.3 Å². The smallest absolute Gasteiger partial charge is 0.224 e. The molecule has 4 nitrogen and oxygen atoms in total. The van der Waals surface area contributed by atoms with Crippen LogP contribution in [0, 0.1) is 0 Å². The van der Waals surface area contributed by atoms with E-state index in [4.69, 9.17) is 16.3 Å². The topological polar surface area (TPSA) is 43.3 Å². The third kappa shape index (κ3) is 4.50. The van der Waals surface area contributed by atoms with Gasteiger partial charge in [-0.15, -0.1) is 0 Å².